The summed E-state index contributed by atoms with van der Waals surface area (Å²) < 4.78 is 5.17. The molecule has 0 saturated carbocycles. The summed E-state index contributed by atoms with van der Waals surface area (Å²) in [5.41, 5.74) is 0.851. The lowest BCUT2D eigenvalue weighted by Gasteiger charge is -2.14. The van der Waals surface area contributed by atoms with Crippen molar-refractivity contribution in [1.82, 2.24) is 0 Å². The minimum absolute atomic E-state index is 0.0374. The van der Waals surface area contributed by atoms with Crippen LogP contribution >= 0.6 is 0 Å². The van der Waals surface area contributed by atoms with E-state index in [1.165, 1.54) is 12.1 Å². The molecule has 0 aromatic heterocycles. The Balaban J connectivity index is 3.02. The van der Waals surface area contributed by atoms with E-state index < -0.39 is 17.0 Å². The SMILES string of the molecule is C=C(C(=O)Oc1c(C)cc([N+](=O)[O-])cc1C)[C@H](O)CC. The highest BCUT2D eigenvalue weighted by Gasteiger charge is 2.20. The second-order valence-corrected chi connectivity index (χ2v) is 4.50. The Morgan fingerprint density at radius 3 is 2.35 bits per heavy atom. The molecule has 0 amide bonds. The molecule has 1 atom stereocenters. The molecule has 108 valence electrons. The summed E-state index contributed by atoms with van der Waals surface area (Å²) in [6, 6.07) is 2.66. The largest absolute Gasteiger partial charge is 0.423 e. The van der Waals surface area contributed by atoms with Crippen molar-refractivity contribution in [1.29, 1.82) is 0 Å². The number of carbonyl (C=O) groups excluding carboxylic acids is 1. The minimum atomic E-state index is -0.957. The van der Waals surface area contributed by atoms with Crippen LogP contribution in [0.3, 0.4) is 0 Å². The molecule has 0 aliphatic rings. The van der Waals surface area contributed by atoms with E-state index in [0.29, 0.717) is 17.5 Å². The molecule has 6 nitrogen and oxygen atoms in total. The van der Waals surface area contributed by atoms with E-state index in [1.54, 1.807) is 20.8 Å². The van der Waals surface area contributed by atoms with Crippen LogP contribution in [0, 0.1) is 24.0 Å². The zero-order valence-electron chi connectivity index (χ0n) is 11.7. The van der Waals surface area contributed by atoms with Gasteiger partial charge in [0.15, 0.2) is 0 Å². The Kier molecular flexibility index (Phi) is 4.99. The van der Waals surface area contributed by atoms with Gasteiger partial charge in [-0.05, 0) is 31.4 Å². The quantitative estimate of drug-likeness (QED) is 0.294. The molecule has 1 aromatic carbocycles. The topological polar surface area (TPSA) is 89.7 Å². The van der Waals surface area contributed by atoms with Gasteiger partial charge in [-0.3, -0.25) is 10.1 Å². The second kappa shape index (κ2) is 6.29. The maximum Gasteiger partial charge on any atom is 0.341 e. The zero-order chi connectivity index (χ0) is 15.4. The summed E-state index contributed by atoms with van der Waals surface area (Å²) >= 11 is 0. The van der Waals surface area contributed by atoms with E-state index in [4.69, 9.17) is 4.74 Å². The molecule has 0 saturated heterocycles. The smallest absolute Gasteiger partial charge is 0.341 e. The lowest BCUT2D eigenvalue weighted by Crippen LogP contribution is -2.21. The van der Waals surface area contributed by atoms with Gasteiger partial charge in [0.2, 0.25) is 0 Å². The Morgan fingerprint density at radius 2 is 1.95 bits per heavy atom. The number of hydrogen-bond acceptors (Lipinski definition) is 5. The first-order valence-corrected chi connectivity index (χ1v) is 6.12. The van der Waals surface area contributed by atoms with Gasteiger partial charge in [0.1, 0.15) is 5.75 Å². The number of esters is 1. The summed E-state index contributed by atoms with van der Waals surface area (Å²) in [4.78, 5) is 22.0. The molecule has 0 spiro atoms. The first kappa shape index (κ1) is 15.8. The van der Waals surface area contributed by atoms with Crippen LogP contribution in [0.25, 0.3) is 0 Å². The number of nitrogens with zero attached hydrogens (tertiary/aromatic N) is 1. The number of hydrogen-bond donors (Lipinski definition) is 1. The molecule has 6 heteroatoms. The normalized spacial score (nSPS) is 11.8. The number of rotatable bonds is 5. The number of aliphatic hydroxyl groups excluding tert-OH is 1. The van der Waals surface area contributed by atoms with Gasteiger partial charge in [-0.1, -0.05) is 13.5 Å². The lowest BCUT2D eigenvalue weighted by molar-refractivity contribution is -0.385. The van der Waals surface area contributed by atoms with Crippen molar-refractivity contribution in [2.24, 2.45) is 0 Å². The number of nitro groups is 1. The van der Waals surface area contributed by atoms with Gasteiger partial charge in [0, 0.05) is 12.1 Å². The lowest BCUT2D eigenvalue weighted by atomic mass is 10.1. The highest BCUT2D eigenvalue weighted by atomic mass is 16.6. The number of non-ortho nitro benzene ring substituents is 1. The molecule has 0 unspecified atom stereocenters. The van der Waals surface area contributed by atoms with E-state index >= 15 is 0 Å². The third-order valence-corrected chi connectivity index (χ3v) is 2.90. The van der Waals surface area contributed by atoms with Crippen LogP contribution in [0.4, 0.5) is 5.69 Å². The Labute approximate surface area is 116 Å². The Hall–Kier alpha value is -2.21. The average molecular weight is 279 g/mol. The maximum atomic E-state index is 11.8. The number of benzene rings is 1. The van der Waals surface area contributed by atoms with Crippen LogP contribution in [0.1, 0.15) is 24.5 Å². The summed E-state index contributed by atoms with van der Waals surface area (Å²) in [6.45, 7) is 8.43. The summed E-state index contributed by atoms with van der Waals surface area (Å²) in [5.74, 6) is -0.482. The van der Waals surface area contributed by atoms with Crippen molar-refractivity contribution in [3.63, 3.8) is 0 Å². The molecule has 1 rings (SSSR count). The summed E-state index contributed by atoms with van der Waals surface area (Å²) in [6.07, 6.45) is -0.604. The molecule has 0 aliphatic carbocycles. The van der Waals surface area contributed by atoms with Gasteiger partial charge < -0.3 is 9.84 Å². The molecule has 0 radical (unpaired) electrons. The molecule has 0 bridgehead atoms. The molecule has 20 heavy (non-hydrogen) atoms. The van der Waals surface area contributed by atoms with Gasteiger partial charge in [-0.15, -0.1) is 0 Å². The van der Waals surface area contributed by atoms with Crippen molar-refractivity contribution >= 4 is 11.7 Å². The fourth-order valence-corrected chi connectivity index (χ4v) is 1.73. The fraction of sp³-hybridized carbons (Fsp3) is 0.357. The van der Waals surface area contributed by atoms with Crippen LogP contribution in [-0.2, 0) is 4.79 Å². The van der Waals surface area contributed by atoms with Crippen LogP contribution < -0.4 is 4.74 Å². The monoisotopic (exact) mass is 279 g/mol. The molecule has 0 heterocycles. The Bertz CT molecular complexity index is 542. The zero-order valence-corrected chi connectivity index (χ0v) is 11.7. The van der Waals surface area contributed by atoms with Gasteiger partial charge in [0.05, 0.1) is 16.6 Å². The van der Waals surface area contributed by atoms with E-state index in [0.717, 1.165) is 0 Å². The van der Waals surface area contributed by atoms with Crippen LogP contribution in [0.2, 0.25) is 0 Å². The molecule has 0 fully saturated rings. The van der Waals surface area contributed by atoms with Crippen LogP contribution in [0.15, 0.2) is 24.3 Å². The van der Waals surface area contributed by atoms with Gasteiger partial charge >= 0.3 is 5.97 Å². The number of ether oxygens (including phenoxy) is 1. The first-order valence-electron chi connectivity index (χ1n) is 6.12. The van der Waals surface area contributed by atoms with Crippen LogP contribution in [-0.4, -0.2) is 22.1 Å². The number of carbonyl (C=O) groups is 1. The fourth-order valence-electron chi connectivity index (χ4n) is 1.73. The third-order valence-electron chi connectivity index (χ3n) is 2.90. The van der Waals surface area contributed by atoms with Gasteiger partial charge in [-0.25, -0.2) is 4.79 Å². The van der Waals surface area contributed by atoms with Gasteiger partial charge in [0.25, 0.3) is 5.69 Å². The first-order chi connectivity index (χ1) is 9.27. The summed E-state index contributed by atoms with van der Waals surface area (Å²) in [5, 5.41) is 20.3. The average Bonchev–Trinajstić information content (AvgIpc) is 2.40. The predicted molar refractivity (Wildman–Crippen MR) is 73.6 cm³/mol. The maximum absolute atomic E-state index is 11.8. The van der Waals surface area contributed by atoms with Crippen molar-refractivity contribution in [3.8, 4) is 5.75 Å². The van der Waals surface area contributed by atoms with Crippen molar-refractivity contribution in [2.45, 2.75) is 33.3 Å². The Morgan fingerprint density at radius 1 is 1.45 bits per heavy atom. The highest BCUT2D eigenvalue weighted by Crippen LogP contribution is 2.29. The van der Waals surface area contributed by atoms with Crippen molar-refractivity contribution < 1.29 is 19.6 Å². The van der Waals surface area contributed by atoms with E-state index in [9.17, 15) is 20.0 Å². The highest BCUT2D eigenvalue weighted by molar-refractivity contribution is 5.90. The van der Waals surface area contributed by atoms with Crippen molar-refractivity contribution in [2.75, 3.05) is 0 Å². The number of nitro benzene ring substituents is 1. The molecule has 1 aromatic rings. The standard InChI is InChI=1S/C14H17NO5/c1-5-12(16)10(4)14(17)20-13-8(2)6-11(15(18)19)7-9(13)3/h6-7,12,16H,4-5H2,1-3H3/t12-/m1/s1. The number of aliphatic hydroxyl groups is 1. The van der Waals surface area contributed by atoms with E-state index in [-0.39, 0.29) is 17.0 Å². The number of aryl methyl sites for hydroxylation is 2. The summed E-state index contributed by atoms with van der Waals surface area (Å²) in [7, 11) is 0. The van der Waals surface area contributed by atoms with E-state index in [1.807, 2.05) is 0 Å². The minimum Gasteiger partial charge on any atom is -0.423 e. The van der Waals surface area contributed by atoms with E-state index in [2.05, 4.69) is 6.58 Å². The third kappa shape index (κ3) is 3.42. The predicted octanol–water partition coefficient (Wildman–Crippen LogP) is 2.44. The molecule has 0 aliphatic heterocycles. The van der Waals surface area contributed by atoms with Crippen molar-refractivity contribution in [3.05, 3.63) is 45.5 Å². The van der Waals surface area contributed by atoms with Gasteiger partial charge in [-0.2, -0.15) is 0 Å². The second-order valence-electron chi connectivity index (χ2n) is 4.50. The molecule has 1 N–H and O–H groups in total. The molecular weight excluding hydrogens is 262 g/mol. The molecular formula is C14H17NO5. The van der Waals surface area contributed by atoms with Crippen LogP contribution in [0.5, 0.6) is 5.75 Å².